The van der Waals surface area contributed by atoms with Gasteiger partial charge >= 0.3 is 0 Å². The molecule has 0 atom stereocenters. The molecule has 0 aromatic heterocycles. The van der Waals surface area contributed by atoms with E-state index >= 15 is 0 Å². The van der Waals surface area contributed by atoms with Crippen molar-refractivity contribution in [1.82, 2.24) is 15.5 Å². The first-order valence-corrected chi connectivity index (χ1v) is 9.57. The summed E-state index contributed by atoms with van der Waals surface area (Å²) in [5.41, 5.74) is 2.42. The zero-order chi connectivity index (χ0) is 17.5. The highest BCUT2D eigenvalue weighted by atomic mass is 127. The summed E-state index contributed by atoms with van der Waals surface area (Å²) in [5, 5.41) is 6.94. The molecular weight excluding hydrogens is 439 g/mol. The van der Waals surface area contributed by atoms with Gasteiger partial charge in [-0.3, -0.25) is 9.79 Å². The molecular formula is C20H31IN4O. The molecule has 1 aromatic rings. The lowest BCUT2D eigenvalue weighted by atomic mass is 9.96. The summed E-state index contributed by atoms with van der Waals surface area (Å²) in [6.07, 6.45) is 8.17. The summed E-state index contributed by atoms with van der Waals surface area (Å²) in [4.78, 5) is 18.0. The summed E-state index contributed by atoms with van der Waals surface area (Å²) in [5.74, 6) is 1.17. The Labute approximate surface area is 174 Å². The summed E-state index contributed by atoms with van der Waals surface area (Å²) >= 11 is 0. The van der Waals surface area contributed by atoms with E-state index in [1.165, 1.54) is 43.2 Å². The Morgan fingerprint density at radius 2 is 1.81 bits per heavy atom. The number of benzene rings is 1. The number of nitrogens with zero attached hydrogens (tertiary/aromatic N) is 2. The number of guanidine groups is 1. The van der Waals surface area contributed by atoms with Crippen molar-refractivity contribution in [2.75, 3.05) is 13.6 Å². The molecule has 144 valence electrons. The van der Waals surface area contributed by atoms with Gasteiger partial charge in [0.2, 0.25) is 5.91 Å². The van der Waals surface area contributed by atoms with E-state index in [0.29, 0.717) is 12.5 Å². The van der Waals surface area contributed by atoms with E-state index in [4.69, 9.17) is 0 Å². The van der Waals surface area contributed by atoms with Crippen LogP contribution in [0.4, 0.5) is 0 Å². The minimum atomic E-state index is 0. The number of halogens is 1. The molecule has 3 rings (SSSR count). The van der Waals surface area contributed by atoms with E-state index in [2.05, 4.69) is 39.9 Å². The topological polar surface area (TPSA) is 56.7 Å². The molecule has 1 aromatic carbocycles. The van der Waals surface area contributed by atoms with Crippen LogP contribution in [0.25, 0.3) is 0 Å². The molecule has 0 unspecified atom stereocenters. The molecule has 0 bridgehead atoms. The number of hydrogen-bond donors (Lipinski definition) is 2. The van der Waals surface area contributed by atoms with Gasteiger partial charge in [0, 0.05) is 39.1 Å². The second-order valence-electron chi connectivity index (χ2n) is 7.14. The normalized spacial score (nSPS) is 18.6. The smallest absolute Gasteiger partial charge is 0.222 e. The Bertz CT molecular complexity index is 596. The quantitative estimate of drug-likeness (QED) is 0.394. The van der Waals surface area contributed by atoms with Gasteiger partial charge in [0.15, 0.2) is 5.96 Å². The molecule has 1 saturated carbocycles. The number of aliphatic imine (C=N–C) groups is 1. The van der Waals surface area contributed by atoms with Crippen LogP contribution in [-0.2, 0) is 17.9 Å². The average Bonchev–Trinajstić information content (AvgIpc) is 3.05. The fraction of sp³-hybridized carbons (Fsp3) is 0.600. The number of carbonyl (C=O) groups is 1. The number of carbonyl (C=O) groups excluding carboxylic acids is 1. The maximum absolute atomic E-state index is 11.7. The number of amides is 1. The number of nitrogens with one attached hydrogen (secondary N) is 2. The molecule has 0 spiro atoms. The first-order chi connectivity index (χ1) is 12.2. The van der Waals surface area contributed by atoms with Gasteiger partial charge in [-0.05, 0) is 30.4 Å². The van der Waals surface area contributed by atoms with Crippen molar-refractivity contribution in [3.63, 3.8) is 0 Å². The molecule has 5 nitrogen and oxygen atoms in total. The van der Waals surface area contributed by atoms with Crippen molar-refractivity contribution < 1.29 is 4.79 Å². The van der Waals surface area contributed by atoms with E-state index in [1.807, 2.05) is 11.9 Å². The Balaban J connectivity index is 0.00000243. The van der Waals surface area contributed by atoms with Gasteiger partial charge in [0.05, 0.1) is 0 Å². The Kier molecular flexibility index (Phi) is 8.68. The van der Waals surface area contributed by atoms with Gasteiger partial charge in [-0.15, -0.1) is 24.0 Å². The molecule has 1 aliphatic carbocycles. The maximum Gasteiger partial charge on any atom is 0.222 e. The minimum absolute atomic E-state index is 0. The zero-order valence-corrected chi connectivity index (χ0v) is 18.0. The molecule has 2 fully saturated rings. The Morgan fingerprint density at radius 3 is 2.42 bits per heavy atom. The molecule has 2 N–H and O–H groups in total. The van der Waals surface area contributed by atoms with Crippen LogP contribution in [0.15, 0.2) is 29.3 Å². The summed E-state index contributed by atoms with van der Waals surface area (Å²) in [7, 11) is 1.83. The minimum Gasteiger partial charge on any atom is -0.354 e. The predicted octanol–water partition coefficient (Wildman–Crippen LogP) is 3.42. The SMILES string of the molecule is CN=C(NCc1ccc(CN2CCCC2=O)cc1)NC1CCCCC1.I. The van der Waals surface area contributed by atoms with Crippen LogP contribution in [-0.4, -0.2) is 36.4 Å². The lowest BCUT2D eigenvalue weighted by Crippen LogP contribution is -2.43. The standard InChI is InChI=1S/C20H30N4O.HI/c1-21-20(23-18-6-3-2-4-7-18)22-14-16-9-11-17(12-10-16)15-24-13-5-8-19(24)25;/h9-12,18H,2-8,13-15H2,1H3,(H2,21,22,23);1H. The summed E-state index contributed by atoms with van der Waals surface area (Å²) in [6, 6.07) is 9.08. The van der Waals surface area contributed by atoms with E-state index in [-0.39, 0.29) is 29.9 Å². The monoisotopic (exact) mass is 470 g/mol. The van der Waals surface area contributed by atoms with Crippen LogP contribution >= 0.6 is 24.0 Å². The van der Waals surface area contributed by atoms with Gasteiger partial charge in [0.25, 0.3) is 0 Å². The first kappa shape index (κ1) is 21.0. The van der Waals surface area contributed by atoms with Crippen molar-refractivity contribution >= 4 is 35.8 Å². The van der Waals surface area contributed by atoms with E-state index in [9.17, 15) is 4.79 Å². The molecule has 1 saturated heterocycles. The van der Waals surface area contributed by atoms with Crippen LogP contribution in [0.1, 0.15) is 56.1 Å². The number of likely N-dealkylation sites (tertiary alicyclic amines) is 1. The van der Waals surface area contributed by atoms with Gasteiger partial charge in [-0.2, -0.15) is 0 Å². The molecule has 1 amide bonds. The van der Waals surface area contributed by atoms with E-state index in [1.54, 1.807) is 0 Å². The van der Waals surface area contributed by atoms with Gasteiger partial charge in [-0.1, -0.05) is 43.5 Å². The molecule has 0 radical (unpaired) electrons. The van der Waals surface area contributed by atoms with E-state index < -0.39 is 0 Å². The molecule has 1 aliphatic heterocycles. The van der Waals surface area contributed by atoms with Crippen molar-refractivity contribution in [3.05, 3.63) is 35.4 Å². The third-order valence-electron chi connectivity index (χ3n) is 5.20. The van der Waals surface area contributed by atoms with Crippen LogP contribution < -0.4 is 10.6 Å². The highest BCUT2D eigenvalue weighted by molar-refractivity contribution is 14.0. The summed E-state index contributed by atoms with van der Waals surface area (Å²) < 4.78 is 0. The van der Waals surface area contributed by atoms with Crippen LogP contribution in [0, 0.1) is 0 Å². The number of hydrogen-bond acceptors (Lipinski definition) is 2. The molecule has 6 heteroatoms. The zero-order valence-electron chi connectivity index (χ0n) is 15.7. The maximum atomic E-state index is 11.7. The third kappa shape index (κ3) is 6.14. The highest BCUT2D eigenvalue weighted by Gasteiger charge is 2.19. The fourth-order valence-electron chi connectivity index (χ4n) is 3.67. The van der Waals surface area contributed by atoms with Crippen LogP contribution in [0.3, 0.4) is 0 Å². The van der Waals surface area contributed by atoms with Crippen molar-refractivity contribution in [2.24, 2.45) is 4.99 Å². The fourth-order valence-corrected chi connectivity index (χ4v) is 3.67. The van der Waals surface area contributed by atoms with Crippen molar-refractivity contribution in [3.8, 4) is 0 Å². The van der Waals surface area contributed by atoms with Gasteiger partial charge in [0.1, 0.15) is 0 Å². The Morgan fingerprint density at radius 1 is 1.12 bits per heavy atom. The third-order valence-corrected chi connectivity index (χ3v) is 5.20. The molecule has 26 heavy (non-hydrogen) atoms. The highest BCUT2D eigenvalue weighted by Crippen LogP contribution is 2.17. The Hall–Kier alpha value is -1.31. The number of rotatable bonds is 5. The second kappa shape index (κ2) is 10.7. The molecule has 2 aliphatic rings. The lowest BCUT2D eigenvalue weighted by Gasteiger charge is -2.25. The second-order valence-corrected chi connectivity index (χ2v) is 7.14. The van der Waals surface area contributed by atoms with Crippen LogP contribution in [0.5, 0.6) is 0 Å². The van der Waals surface area contributed by atoms with E-state index in [0.717, 1.165) is 32.0 Å². The van der Waals surface area contributed by atoms with Gasteiger partial charge < -0.3 is 15.5 Å². The molecule has 1 heterocycles. The largest absolute Gasteiger partial charge is 0.354 e. The predicted molar refractivity (Wildman–Crippen MR) is 117 cm³/mol. The lowest BCUT2D eigenvalue weighted by molar-refractivity contribution is -0.128. The van der Waals surface area contributed by atoms with Crippen molar-refractivity contribution in [1.29, 1.82) is 0 Å². The summed E-state index contributed by atoms with van der Waals surface area (Å²) in [6.45, 7) is 2.39. The van der Waals surface area contributed by atoms with Gasteiger partial charge in [-0.25, -0.2) is 0 Å². The van der Waals surface area contributed by atoms with Crippen LogP contribution in [0.2, 0.25) is 0 Å². The average molecular weight is 470 g/mol. The first-order valence-electron chi connectivity index (χ1n) is 9.57. The van der Waals surface area contributed by atoms with Crippen molar-refractivity contribution in [2.45, 2.75) is 64.1 Å².